The van der Waals surface area contributed by atoms with E-state index in [4.69, 9.17) is 21.8 Å². The molecule has 0 saturated carbocycles. The van der Waals surface area contributed by atoms with Crippen molar-refractivity contribution in [1.29, 1.82) is 0 Å². The normalized spacial score (nSPS) is 10.9. The van der Waals surface area contributed by atoms with Crippen molar-refractivity contribution in [3.8, 4) is 11.3 Å². The van der Waals surface area contributed by atoms with Crippen LogP contribution in [0.5, 0.6) is 0 Å². The van der Waals surface area contributed by atoms with E-state index in [1.165, 1.54) is 0 Å². The molecule has 28 heavy (non-hydrogen) atoms. The quantitative estimate of drug-likeness (QED) is 0.666. The Labute approximate surface area is 170 Å². The minimum absolute atomic E-state index is 0.0759. The van der Waals surface area contributed by atoms with Gasteiger partial charge in [-0.3, -0.25) is 9.48 Å². The van der Waals surface area contributed by atoms with E-state index in [9.17, 15) is 4.79 Å². The average Bonchev–Trinajstić information content (AvgIpc) is 2.94. The van der Waals surface area contributed by atoms with Crippen LogP contribution in [-0.4, -0.2) is 33.9 Å². The fourth-order valence-corrected chi connectivity index (χ4v) is 3.51. The summed E-state index contributed by atoms with van der Waals surface area (Å²) in [6.45, 7) is 4.16. The summed E-state index contributed by atoms with van der Waals surface area (Å²) in [5.41, 5.74) is 6.84. The summed E-state index contributed by atoms with van der Waals surface area (Å²) in [6, 6.07) is 13.6. The van der Waals surface area contributed by atoms with Crippen LogP contribution in [0.4, 0.5) is 0 Å². The number of nitrogens with one attached hydrogen (secondary N) is 1. The highest BCUT2D eigenvalue weighted by Crippen LogP contribution is 2.28. The third kappa shape index (κ3) is 4.26. The Bertz CT molecular complexity index is 994. The van der Waals surface area contributed by atoms with Gasteiger partial charge in [0.1, 0.15) is 0 Å². The Morgan fingerprint density at radius 3 is 2.54 bits per heavy atom. The first kappa shape index (κ1) is 20.1. The number of halogens is 1. The summed E-state index contributed by atoms with van der Waals surface area (Å²) in [7, 11) is 1.94. The van der Waals surface area contributed by atoms with E-state index in [-0.39, 0.29) is 19.1 Å². The second-order valence-electron chi connectivity index (χ2n) is 6.86. The van der Waals surface area contributed by atoms with Crippen molar-refractivity contribution in [3.05, 3.63) is 75.4 Å². The molecule has 0 atom stereocenters. The predicted molar refractivity (Wildman–Crippen MR) is 112 cm³/mol. The summed E-state index contributed by atoms with van der Waals surface area (Å²) in [5.74, 6) is -0.178. The van der Waals surface area contributed by atoms with Gasteiger partial charge >= 0.3 is 0 Å². The number of nitrogens with zero attached hydrogens (tertiary/aromatic N) is 2. The summed E-state index contributed by atoms with van der Waals surface area (Å²) < 4.78 is 1.89. The minimum atomic E-state index is -0.178. The van der Waals surface area contributed by atoms with E-state index in [1.54, 1.807) is 0 Å². The van der Waals surface area contributed by atoms with Crippen molar-refractivity contribution < 1.29 is 9.90 Å². The highest BCUT2D eigenvalue weighted by molar-refractivity contribution is 6.30. The van der Waals surface area contributed by atoms with Gasteiger partial charge in [0.15, 0.2) is 0 Å². The fourth-order valence-electron chi connectivity index (χ4n) is 3.38. The van der Waals surface area contributed by atoms with Gasteiger partial charge < -0.3 is 10.4 Å². The molecule has 0 unspecified atom stereocenters. The number of aliphatic hydroxyl groups is 1. The number of carbonyl (C=O) groups excluding carboxylic acids is 1. The van der Waals surface area contributed by atoms with Gasteiger partial charge in [0.05, 0.1) is 18.0 Å². The fraction of sp³-hybridized carbons (Fsp3) is 0.273. The second kappa shape index (κ2) is 8.59. The third-order valence-corrected chi connectivity index (χ3v) is 5.06. The van der Waals surface area contributed by atoms with Crippen LogP contribution in [0, 0.1) is 13.8 Å². The van der Waals surface area contributed by atoms with E-state index < -0.39 is 0 Å². The number of carbonyl (C=O) groups is 1. The summed E-state index contributed by atoms with van der Waals surface area (Å²) in [6.07, 6.45) is 0.734. The summed E-state index contributed by atoms with van der Waals surface area (Å²) in [5, 5.41) is 17.0. The number of amides is 1. The van der Waals surface area contributed by atoms with E-state index in [1.807, 2.05) is 61.1 Å². The third-order valence-electron chi connectivity index (χ3n) is 4.81. The van der Waals surface area contributed by atoms with Crippen molar-refractivity contribution >= 4 is 17.5 Å². The van der Waals surface area contributed by atoms with Crippen molar-refractivity contribution in [2.24, 2.45) is 7.05 Å². The number of hydrogen-bond acceptors (Lipinski definition) is 3. The zero-order valence-electron chi connectivity index (χ0n) is 16.3. The van der Waals surface area contributed by atoms with E-state index in [0.29, 0.717) is 5.56 Å². The first-order chi connectivity index (χ1) is 13.4. The molecule has 0 fully saturated rings. The number of benzene rings is 2. The molecule has 0 bridgehead atoms. The Kier molecular flexibility index (Phi) is 6.17. The van der Waals surface area contributed by atoms with Crippen LogP contribution < -0.4 is 5.32 Å². The van der Waals surface area contributed by atoms with E-state index in [0.717, 1.165) is 45.1 Å². The van der Waals surface area contributed by atoms with Crippen molar-refractivity contribution in [1.82, 2.24) is 15.1 Å². The van der Waals surface area contributed by atoms with Crippen LogP contribution in [0.1, 0.15) is 32.7 Å². The molecule has 1 heterocycles. The topological polar surface area (TPSA) is 67.2 Å². The molecular formula is C22H24ClN3O2. The van der Waals surface area contributed by atoms with Gasteiger partial charge in [0.2, 0.25) is 0 Å². The SMILES string of the molecule is Cc1cc(-c2c(C)c(Cc3ccc(Cl)cc3)nn2C)ccc1C(=O)NCCO. The molecule has 1 aromatic heterocycles. The summed E-state index contributed by atoms with van der Waals surface area (Å²) >= 11 is 5.97. The van der Waals surface area contributed by atoms with Gasteiger partial charge in [0.25, 0.3) is 5.91 Å². The number of rotatable bonds is 6. The maximum Gasteiger partial charge on any atom is 0.251 e. The lowest BCUT2D eigenvalue weighted by molar-refractivity contribution is 0.0944. The molecule has 6 heteroatoms. The predicted octanol–water partition coefficient (Wildman–Crippen LogP) is 3.67. The first-order valence-electron chi connectivity index (χ1n) is 9.17. The number of hydrogen-bond donors (Lipinski definition) is 2. The van der Waals surface area contributed by atoms with E-state index >= 15 is 0 Å². The molecule has 5 nitrogen and oxygen atoms in total. The molecule has 1 amide bonds. The lowest BCUT2D eigenvalue weighted by Gasteiger charge is -2.10. The van der Waals surface area contributed by atoms with Crippen molar-refractivity contribution in [3.63, 3.8) is 0 Å². The van der Waals surface area contributed by atoms with Crippen molar-refractivity contribution in [2.75, 3.05) is 13.2 Å². The smallest absolute Gasteiger partial charge is 0.251 e. The monoisotopic (exact) mass is 397 g/mol. The molecule has 3 rings (SSSR count). The highest BCUT2D eigenvalue weighted by atomic mass is 35.5. The highest BCUT2D eigenvalue weighted by Gasteiger charge is 2.16. The van der Waals surface area contributed by atoms with E-state index in [2.05, 4.69) is 12.2 Å². The van der Waals surface area contributed by atoms with Gasteiger partial charge in [-0.05, 0) is 54.8 Å². The lowest BCUT2D eigenvalue weighted by atomic mass is 9.99. The molecule has 3 aromatic rings. The van der Waals surface area contributed by atoms with Crippen LogP contribution in [0.3, 0.4) is 0 Å². The largest absolute Gasteiger partial charge is 0.395 e. The molecule has 146 valence electrons. The average molecular weight is 398 g/mol. The van der Waals surface area contributed by atoms with Gasteiger partial charge in [-0.15, -0.1) is 0 Å². The first-order valence-corrected chi connectivity index (χ1v) is 9.55. The Hall–Kier alpha value is -2.63. The molecule has 0 aliphatic carbocycles. The molecule has 0 spiro atoms. The standard InChI is InChI=1S/C22H24ClN3O2/c1-14-12-17(6-9-19(14)22(28)24-10-11-27)21-15(2)20(25-26(21)3)13-16-4-7-18(23)8-5-16/h4-9,12,27H,10-11,13H2,1-3H3,(H,24,28). The van der Waals surface area contributed by atoms with Gasteiger partial charge in [-0.1, -0.05) is 29.8 Å². The van der Waals surface area contributed by atoms with Crippen molar-refractivity contribution in [2.45, 2.75) is 20.3 Å². The Balaban J connectivity index is 1.89. The number of aliphatic hydroxyl groups excluding tert-OH is 1. The summed E-state index contributed by atoms with van der Waals surface area (Å²) in [4.78, 5) is 12.2. The minimum Gasteiger partial charge on any atom is -0.395 e. The molecule has 2 aromatic carbocycles. The molecule has 0 saturated heterocycles. The Morgan fingerprint density at radius 1 is 1.18 bits per heavy atom. The zero-order valence-corrected chi connectivity index (χ0v) is 17.0. The molecule has 0 aliphatic rings. The number of aromatic nitrogens is 2. The van der Waals surface area contributed by atoms with Crippen LogP contribution in [-0.2, 0) is 13.5 Å². The van der Waals surface area contributed by atoms with Crippen LogP contribution in [0.2, 0.25) is 5.02 Å². The maximum atomic E-state index is 12.2. The molecule has 0 radical (unpaired) electrons. The van der Waals surface area contributed by atoms with Gasteiger partial charge in [0, 0.05) is 36.2 Å². The second-order valence-corrected chi connectivity index (χ2v) is 7.29. The van der Waals surface area contributed by atoms with Gasteiger partial charge in [-0.25, -0.2) is 0 Å². The van der Waals surface area contributed by atoms with Crippen LogP contribution in [0.15, 0.2) is 42.5 Å². The number of aryl methyl sites for hydroxylation is 2. The zero-order chi connectivity index (χ0) is 20.3. The molecular weight excluding hydrogens is 374 g/mol. The lowest BCUT2D eigenvalue weighted by Crippen LogP contribution is -2.26. The van der Waals surface area contributed by atoms with Gasteiger partial charge in [-0.2, -0.15) is 5.10 Å². The molecule has 0 aliphatic heterocycles. The molecule has 2 N–H and O–H groups in total. The van der Waals surface area contributed by atoms with Crippen LogP contribution in [0.25, 0.3) is 11.3 Å². The van der Waals surface area contributed by atoms with Crippen LogP contribution >= 0.6 is 11.6 Å². The maximum absolute atomic E-state index is 12.2. The Morgan fingerprint density at radius 2 is 1.89 bits per heavy atom.